The quantitative estimate of drug-likeness (QED) is 0.385. The number of halogens is 1. The third kappa shape index (κ3) is 4.50. The summed E-state index contributed by atoms with van der Waals surface area (Å²) in [6, 6.07) is 12.9. The maximum absolute atomic E-state index is 15.3. The lowest BCUT2D eigenvalue weighted by molar-refractivity contribution is 0.0964. The number of aliphatic hydroxyl groups is 1. The van der Waals surface area contributed by atoms with E-state index >= 15 is 4.39 Å². The maximum atomic E-state index is 15.3. The molecule has 42 heavy (non-hydrogen) atoms. The van der Waals surface area contributed by atoms with Crippen LogP contribution in [-0.2, 0) is 52.6 Å². The van der Waals surface area contributed by atoms with Crippen molar-refractivity contribution in [1.82, 2.24) is 14.0 Å². The average Bonchev–Trinajstić information content (AvgIpc) is 3.55. The normalized spacial score (nSPS) is 16.5. The van der Waals surface area contributed by atoms with Crippen LogP contribution in [-0.4, -0.2) is 38.6 Å². The van der Waals surface area contributed by atoms with Crippen molar-refractivity contribution in [2.75, 3.05) is 18.5 Å². The van der Waals surface area contributed by atoms with Gasteiger partial charge in [-0.15, -0.1) is 0 Å². The van der Waals surface area contributed by atoms with E-state index in [0.717, 1.165) is 44.3 Å². The summed E-state index contributed by atoms with van der Waals surface area (Å²) in [7, 11) is 3.78. The molecule has 216 valence electrons. The number of fused-ring (bicyclic) bond motifs is 4. The summed E-state index contributed by atoms with van der Waals surface area (Å²) in [6.45, 7) is 2.47. The third-order valence-electron chi connectivity index (χ3n) is 9.17. The zero-order valence-corrected chi connectivity index (χ0v) is 24.1. The second kappa shape index (κ2) is 10.4. The van der Waals surface area contributed by atoms with Crippen LogP contribution in [0.4, 0.5) is 10.1 Å². The Morgan fingerprint density at radius 2 is 1.71 bits per heavy atom. The molecule has 1 N–H and O–H groups in total. The van der Waals surface area contributed by atoms with Crippen LogP contribution < -0.4 is 10.5 Å². The van der Waals surface area contributed by atoms with Crippen molar-refractivity contribution < 1.29 is 14.3 Å². The highest BCUT2D eigenvalue weighted by molar-refractivity contribution is 6.07. The predicted octanol–water partition coefficient (Wildman–Crippen LogP) is 4.56. The summed E-state index contributed by atoms with van der Waals surface area (Å²) in [5, 5.41) is 10.6. The SMILES string of the molecule is CN1Cc2ccc(Cc3cc(-c4cc(F)cc(N5CCn6c(cc7c6CCCC7)C5=O)c4CO)cn(C)c3=O)cc2C1. The van der Waals surface area contributed by atoms with Crippen LogP contribution >= 0.6 is 0 Å². The molecule has 0 unspecified atom stereocenters. The molecule has 8 heteroatoms. The highest BCUT2D eigenvalue weighted by Gasteiger charge is 2.32. The molecule has 2 aromatic carbocycles. The van der Waals surface area contributed by atoms with E-state index < -0.39 is 5.82 Å². The summed E-state index contributed by atoms with van der Waals surface area (Å²) in [5.41, 5.74) is 9.18. The van der Waals surface area contributed by atoms with Gasteiger partial charge in [-0.1, -0.05) is 18.2 Å². The highest BCUT2D eigenvalue weighted by atomic mass is 19.1. The minimum absolute atomic E-state index is 0.116. The minimum atomic E-state index is -0.497. The lowest BCUT2D eigenvalue weighted by atomic mass is 9.95. The number of benzene rings is 2. The number of hydrogen-bond acceptors (Lipinski definition) is 4. The summed E-state index contributed by atoms with van der Waals surface area (Å²) in [4.78, 5) is 30.8. The number of amides is 1. The number of nitrogens with zero attached hydrogens (tertiary/aromatic N) is 4. The van der Waals surface area contributed by atoms with Gasteiger partial charge in [-0.2, -0.15) is 0 Å². The molecule has 3 aliphatic rings. The van der Waals surface area contributed by atoms with Crippen LogP contribution in [0.5, 0.6) is 0 Å². The number of aromatic nitrogens is 2. The van der Waals surface area contributed by atoms with Gasteiger partial charge in [0.25, 0.3) is 11.5 Å². The summed E-state index contributed by atoms with van der Waals surface area (Å²) >= 11 is 0. The fourth-order valence-electron chi connectivity index (χ4n) is 7.16. The van der Waals surface area contributed by atoms with E-state index in [-0.39, 0.29) is 18.1 Å². The Morgan fingerprint density at radius 1 is 0.905 bits per heavy atom. The Morgan fingerprint density at radius 3 is 2.55 bits per heavy atom. The van der Waals surface area contributed by atoms with E-state index in [9.17, 15) is 14.7 Å². The molecule has 0 atom stereocenters. The van der Waals surface area contributed by atoms with E-state index in [1.165, 1.54) is 39.1 Å². The first-order valence-corrected chi connectivity index (χ1v) is 14.8. The van der Waals surface area contributed by atoms with Crippen molar-refractivity contribution in [1.29, 1.82) is 0 Å². The average molecular weight is 567 g/mol. The lowest BCUT2D eigenvalue weighted by Crippen LogP contribution is -2.41. The summed E-state index contributed by atoms with van der Waals surface area (Å²) in [6.07, 6.45) is 6.33. The van der Waals surface area contributed by atoms with E-state index in [0.29, 0.717) is 53.1 Å². The number of aliphatic hydroxyl groups excluding tert-OH is 1. The van der Waals surface area contributed by atoms with Gasteiger partial charge in [0, 0.05) is 62.7 Å². The Balaban J connectivity index is 1.27. The van der Waals surface area contributed by atoms with Crippen molar-refractivity contribution >= 4 is 11.6 Å². The first-order chi connectivity index (χ1) is 20.3. The number of aryl methyl sites for hydroxylation is 2. The monoisotopic (exact) mass is 566 g/mol. The number of pyridine rings is 1. The second-order valence-corrected chi connectivity index (χ2v) is 12.0. The van der Waals surface area contributed by atoms with E-state index in [2.05, 4.69) is 34.7 Å². The number of rotatable bonds is 5. The van der Waals surface area contributed by atoms with E-state index in [1.807, 2.05) is 6.07 Å². The van der Waals surface area contributed by atoms with Gasteiger partial charge >= 0.3 is 0 Å². The molecule has 0 bridgehead atoms. The van der Waals surface area contributed by atoms with Gasteiger partial charge in [-0.3, -0.25) is 14.5 Å². The van der Waals surface area contributed by atoms with Gasteiger partial charge in [0.2, 0.25) is 0 Å². The second-order valence-electron chi connectivity index (χ2n) is 12.0. The highest BCUT2D eigenvalue weighted by Crippen LogP contribution is 2.36. The van der Waals surface area contributed by atoms with Gasteiger partial charge in [-0.05, 0) is 90.4 Å². The van der Waals surface area contributed by atoms with Crippen molar-refractivity contribution in [3.05, 3.63) is 110 Å². The number of carbonyl (C=O) groups excluding carboxylic acids is 1. The molecule has 0 radical (unpaired) electrons. The first kappa shape index (κ1) is 26.9. The molecule has 0 saturated carbocycles. The lowest BCUT2D eigenvalue weighted by Gasteiger charge is -2.31. The predicted molar refractivity (Wildman–Crippen MR) is 160 cm³/mol. The largest absolute Gasteiger partial charge is 0.392 e. The molecular weight excluding hydrogens is 531 g/mol. The van der Waals surface area contributed by atoms with Gasteiger partial charge in [0.05, 0.1) is 12.3 Å². The zero-order valence-electron chi connectivity index (χ0n) is 24.1. The fraction of sp³-hybridized carbons (Fsp3) is 0.353. The Labute approximate surface area is 244 Å². The van der Waals surface area contributed by atoms with Crippen molar-refractivity contribution in [2.45, 2.75) is 58.3 Å². The van der Waals surface area contributed by atoms with Gasteiger partial charge < -0.3 is 19.1 Å². The standard InChI is InChI=1S/C34H35FN4O3/c1-36-17-23-8-7-21(12-25(23)18-36)11-24-13-26(19-37(2)33(24)41)28-15-27(35)16-31(29(28)20-40)39-10-9-38-30-6-4-3-5-22(30)14-32(38)34(39)42/h7-8,12-16,19,40H,3-6,9-11,17-18,20H2,1-2H3. The smallest absolute Gasteiger partial charge is 0.274 e. The summed E-state index contributed by atoms with van der Waals surface area (Å²) in [5.74, 6) is -0.672. The molecule has 0 saturated heterocycles. The van der Waals surface area contributed by atoms with Crippen molar-refractivity contribution in [3.8, 4) is 11.1 Å². The van der Waals surface area contributed by atoms with E-state index in [1.54, 1.807) is 24.2 Å². The van der Waals surface area contributed by atoms with E-state index in [4.69, 9.17) is 0 Å². The minimum Gasteiger partial charge on any atom is -0.392 e. The number of carbonyl (C=O) groups is 1. The topological polar surface area (TPSA) is 70.7 Å². The van der Waals surface area contributed by atoms with Crippen LogP contribution in [0.25, 0.3) is 11.1 Å². The molecule has 1 aliphatic carbocycles. The van der Waals surface area contributed by atoms with Crippen LogP contribution in [0.3, 0.4) is 0 Å². The van der Waals surface area contributed by atoms with Crippen molar-refractivity contribution in [3.63, 3.8) is 0 Å². The third-order valence-corrected chi connectivity index (χ3v) is 9.17. The molecule has 2 aromatic heterocycles. The van der Waals surface area contributed by atoms with Gasteiger partial charge in [0.1, 0.15) is 11.5 Å². The van der Waals surface area contributed by atoms with Gasteiger partial charge in [0.15, 0.2) is 0 Å². The van der Waals surface area contributed by atoms with Gasteiger partial charge in [-0.25, -0.2) is 4.39 Å². The molecule has 1 amide bonds. The molecular formula is C34H35FN4O3. The molecule has 0 spiro atoms. The molecule has 7 nitrogen and oxygen atoms in total. The van der Waals surface area contributed by atoms with Crippen LogP contribution in [0.15, 0.2) is 53.5 Å². The first-order valence-electron chi connectivity index (χ1n) is 14.8. The fourth-order valence-corrected chi connectivity index (χ4v) is 7.16. The van der Waals surface area contributed by atoms with Crippen molar-refractivity contribution in [2.24, 2.45) is 7.05 Å². The zero-order chi connectivity index (χ0) is 29.1. The van der Waals surface area contributed by atoms with Crippen LogP contribution in [0, 0.1) is 5.82 Å². The molecule has 2 aliphatic heterocycles. The van der Waals surface area contributed by atoms with Crippen LogP contribution in [0.2, 0.25) is 0 Å². The number of anilines is 1. The maximum Gasteiger partial charge on any atom is 0.274 e. The Bertz CT molecular complexity index is 1800. The molecule has 4 heterocycles. The Kier molecular flexibility index (Phi) is 6.63. The van der Waals surface area contributed by atoms with Crippen LogP contribution in [0.1, 0.15) is 62.4 Å². The summed E-state index contributed by atoms with van der Waals surface area (Å²) < 4.78 is 18.9. The molecule has 7 rings (SSSR count). The number of hydrogen-bond donors (Lipinski definition) is 1. The molecule has 0 fully saturated rings. The molecule has 4 aromatic rings. The Hall–Kier alpha value is -4.01.